The predicted molar refractivity (Wildman–Crippen MR) is 84.4 cm³/mol. The molecule has 1 nitrogen and oxygen atoms in total. The van der Waals surface area contributed by atoms with E-state index in [1.54, 1.807) is 12.1 Å². The molecule has 0 amide bonds. The van der Waals surface area contributed by atoms with Crippen molar-refractivity contribution in [3.05, 3.63) is 82.8 Å². The van der Waals surface area contributed by atoms with Crippen molar-refractivity contribution < 1.29 is 4.39 Å². The van der Waals surface area contributed by atoms with Crippen molar-refractivity contribution in [1.29, 1.82) is 0 Å². The average molecular weight is 288 g/mol. The van der Waals surface area contributed by atoms with Gasteiger partial charge < -0.3 is 5.32 Å². The average Bonchev–Trinajstić information content (AvgIpc) is 2.40. The lowest BCUT2D eigenvalue weighted by Crippen LogP contribution is -1.95. The summed E-state index contributed by atoms with van der Waals surface area (Å²) in [7, 11) is 0. The van der Waals surface area contributed by atoms with Crippen LogP contribution in [-0.4, -0.2) is 0 Å². The topological polar surface area (TPSA) is 12.0 Å². The van der Waals surface area contributed by atoms with Crippen molar-refractivity contribution >= 4 is 23.4 Å². The molecule has 0 aliphatic rings. The van der Waals surface area contributed by atoms with Crippen molar-refractivity contribution in [1.82, 2.24) is 0 Å². The predicted octanol–water partition coefficient (Wildman–Crippen LogP) is 5.43. The fourth-order valence-corrected chi connectivity index (χ4v) is 1.97. The van der Waals surface area contributed by atoms with E-state index in [0.717, 1.165) is 16.1 Å². The van der Waals surface area contributed by atoms with E-state index < -0.39 is 0 Å². The van der Waals surface area contributed by atoms with Crippen LogP contribution in [0.15, 0.2) is 60.8 Å². The first-order valence-electron chi connectivity index (χ1n) is 6.21. The van der Waals surface area contributed by atoms with Crippen LogP contribution in [-0.2, 0) is 0 Å². The molecule has 0 bridgehead atoms. The first-order valence-corrected chi connectivity index (χ1v) is 6.59. The summed E-state index contributed by atoms with van der Waals surface area (Å²) in [6.07, 6.45) is 3.76. The van der Waals surface area contributed by atoms with Crippen molar-refractivity contribution in [3.8, 4) is 0 Å². The Hall–Kier alpha value is -2.06. The Labute approximate surface area is 123 Å². The second-order valence-corrected chi connectivity index (χ2v) is 4.86. The first kappa shape index (κ1) is 14.4. The molecule has 0 fully saturated rings. The zero-order valence-corrected chi connectivity index (χ0v) is 11.9. The van der Waals surface area contributed by atoms with Crippen LogP contribution >= 0.6 is 11.6 Å². The molecule has 0 aliphatic carbocycles. The Morgan fingerprint density at radius 1 is 1.25 bits per heavy atom. The smallest absolute Gasteiger partial charge is 0.125 e. The van der Waals surface area contributed by atoms with Gasteiger partial charge in [-0.15, -0.1) is 0 Å². The summed E-state index contributed by atoms with van der Waals surface area (Å²) in [5.41, 5.74) is 3.39. The number of allylic oxidation sites excluding steroid dienone is 1. The van der Waals surface area contributed by atoms with Gasteiger partial charge in [-0.25, -0.2) is 4.39 Å². The summed E-state index contributed by atoms with van der Waals surface area (Å²) in [4.78, 5) is 0. The Kier molecular flexibility index (Phi) is 4.59. The molecular formula is C17H15ClFN. The minimum atomic E-state index is -0.280. The normalized spacial score (nSPS) is 10.8. The molecule has 0 aromatic heterocycles. The molecule has 3 heteroatoms. The lowest BCUT2D eigenvalue weighted by atomic mass is 10.1. The quantitative estimate of drug-likeness (QED) is 0.740. The third kappa shape index (κ3) is 3.72. The maximum absolute atomic E-state index is 13.1. The highest BCUT2D eigenvalue weighted by Gasteiger charge is 1.99. The number of hydrogen-bond donors (Lipinski definition) is 1. The largest absolute Gasteiger partial charge is 0.356 e. The molecular weight excluding hydrogens is 273 g/mol. The molecule has 2 aromatic carbocycles. The van der Waals surface area contributed by atoms with Gasteiger partial charge in [-0.1, -0.05) is 42.5 Å². The van der Waals surface area contributed by atoms with E-state index in [4.69, 9.17) is 11.6 Å². The van der Waals surface area contributed by atoms with Crippen LogP contribution in [0.2, 0.25) is 5.02 Å². The zero-order chi connectivity index (χ0) is 14.5. The summed E-state index contributed by atoms with van der Waals surface area (Å²) < 4.78 is 13.1. The Balaban J connectivity index is 2.08. The van der Waals surface area contributed by atoms with E-state index in [0.29, 0.717) is 11.4 Å². The van der Waals surface area contributed by atoms with Crippen LogP contribution in [0, 0.1) is 12.7 Å². The van der Waals surface area contributed by atoms with Crippen molar-refractivity contribution in [2.24, 2.45) is 0 Å². The standard InChI is InChI=1S/C17H15ClFN/c1-12(20-16-7-4-6-15(19)11-16)9-10-14-5-3-8-17(18)13(14)2/h3-11,20H,1H2,2H3/b10-9-. The Morgan fingerprint density at radius 3 is 2.75 bits per heavy atom. The SMILES string of the molecule is C=C(/C=C\c1cccc(Cl)c1C)Nc1cccc(F)c1. The molecule has 0 atom stereocenters. The molecule has 0 saturated carbocycles. The van der Waals surface area contributed by atoms with Crippen molar-refractivity contribution in [2.45, 2.75) is 6.92 Å². The molecule has 0 spiro atoms. The minimum Gasteiger partial charge on any atom is -0.356 e. The molecule has 0 aliphatic heterocycles. The number of benzene rings is 2. The van der Waals surface area contributed by atoms with Crippen molar-refractivity contribution in [2.75, 3.05) is 5.32 Å². The molecule has 2 rings (SSSR count). The summed E-state index contributed by atoms with van der Waals surface area (Å²) in [6.45, 7) is 5.86. The third-order valence-electron chi connectivity index (χ3n) is 2.90. The highest BCUT2D eigenvalue weighted by molar-refractivity contribution is 6.31. The van der Waals surface area contributed by atoms with E-state index >= 15 is 0 Å². The van der Waals surface area contributed by atoms with Gasteiger partial charge in [0.15, 0.2) is 0 Å². The lowest BCUT2D eigenvalue weighted by molar-refractivity contribution is 0.628. The maximum atomic E-state index is 13.1. The molecule has 0 saturated heterocycles. The second-order valence-electron chi connectivity index (χ2n) is 4.45. The lowest BCUT2D eigenvalue weighted by Gasteiger charge is -2.06. The van der Waals surface area contributed by atoms with Crippen LogP contribution in [0.1, 0.15) is 11.1 Å². The third-order valence-corrected chi connectivity index (χ3v) is 3.31. The highest BCUT2D eigenvalue weighted by atomic mass is 35.5. The van der Waals surface area contributed by atoms with Gasteiger partial charge in [-0.05, 0) is 48.4 Å². The minimum absolute atomic E-state index is 0.280. The fraction of sp³-hybridized carbons (Fsp3) is 0.0588. The zero-order valence-electron chi connectivity index (χ0n) is 11.2. The maximum Gasteiger partial charge on any atom is 0.125 e. The number of nitrogens with one attached hydrogen (secondary N) is 1. The molecule has 20 heavy (non-hydrogen) atoms. The highest BCUT2D eigenvalue weighted by Crippen LogP contribution is 2.20. The van der Waals surface area contributed by atoms with Gasteiger partial charge in [-0.3, -0.25) is 0 Å². The van der Waals surface area contributed by atoms with Crippen LogP contribution in [0.5, 0.6) is 0 Å². The molecule has 0 unspecified atom stereocenters. The van der Waals surface area contributed by atoms with E-state index in [2.05, 4.69) is 11.9 Å². The molecule has 102 valence electrons. The van der Waals surface area contributed by atoms with E-state index in [1.165, 1.54) is 12.1 Å². The van der Waals surface area contributed by atoms with Gasteiger partial charge in [0, 0.05) is 16.4 Å². The van der Waals surface area contributed by atoms with Gasteiger partial charge in [0.25, 0.3) is 0 Å². The number of anilines is 1. The number of halogens is 2. The van der Waals surface area contributed by atoms with Crippen LogP contribution in [0.3, 0.4) is 0 Å². The molecule has 0 heterocycles. The molecule has 0 radical (unpaired) electrons. The van der Waals surface area contributed by atoms with Crippen LogP contribution in [0.25, 0.3) is 6.08 Å². The van der Waals surface area contributed by atoms with Crippen LogP contribution < -0.4 is 5.32 Å². The van der Waals surface area contributed by atoms with Crippen LogP contribution in [0.4, 0.5) is 10.1 Å². The fourth-order valence-electron chi connectivity index (χ4n) is 1.79. The summed E-state index contributed by atoms with van der Waals surface area (Å²) in [5.74, 6) is -0.280. The van der Waals surface area contributed by atoms with E-state index in [-0.39, 0.29) is 5.82 Å². The molecule has 2 aromatic rings. The molecule has 1 N–H and O–H groups in total. The van der Waals surface area contributed by atoms with E-state index in [1.807, 2.05) is 37.3 Å². The second kappa shape index (κ2) is 6.40. The van der Waals surface area contributed by atoms with Gasteiger partial charge in [0.2, 0.25) is 0 Å². The number of rotatable bonds is 4. The van der Waals surface area contributed by atoms with Gasteiger partial charge >= 0.3 is 0 Å². The van der Waals surface area contributed by atoms with E-state index in [9.17, 15) is 4.39 Å². The monoisotopic (exact) mass is 287 g/mol. The number of hydrogen-bond acceptors (Lipinski definition) is 1. The van der Waals surface area contributed by atoms with Gasteiger partial charge in [0.1, 0.15) is 5.82 Å². The Bertz CT molecular complexity index is 662. The summed E-state index contributed by atoms with van der Waals surface area (Å²) in [5, 5.41) is 3.77. The first-order chi connectivity index (χ1) is 9.56. The van der Waals surface area contributed by atoms with Gasteiger partial charge in [0.05, 0.1) is 0 Å². The Morgan fingerprint density at radius 2 is 2.00 bits per heavy atom. The van der Waals surface area contributed by atoms with Crippen molar-refractivity contribution in [3.63, 3.8) is 0 Å². The summed E-state index contributed by atoms with van der Waals surface area (Å²) in [6, 6.07) is 12.0. The summed E-state index contributed by atoms with van der Waals surface area (Å²) >= 11 is 6.06. The van der Waals surface area contributed by atoms with Gasteiger partial charge in [-0.2, -0.15) is 0 Å².